The van der Waals surface area contributed by atoms with Crippen LogP contribution in [0.2, 0.25) is 0 Å². The number of rotatable bonds is 6. The van der Waals surface area contributed by atoms with Crippen LogP contribution in [0.5, 0.6) is 5.75 Å². The molecule has 1 rings (SSSR count). The Labute approximate surface area is 115 Å². The number of hydrogen-bond acceptors (Lipinski definition) is 3. The van der Waals surface area contributed by atoms with E-state index >= 15 is 0 Å². The van der Waals surface area contributed by atoms with Crippen LogP contribution in [0.4, 0.5) is 4.79 Å². The molecular formula is C15H24N2O2. The van der Waals surface area contributed by atoms with E-state index in [1.807, 2.05) is 32.3 Å². The van der Waals surface area contributed by atoms with E-state index in [9.17, 15) is 4.79 Å². The summed E-state index contributed by atoms with van der Waals surface area (Å²) in [5.74, 6) is 1.09. The van der Waals surface area contributed by atoms with Crippen molar-refractivity contribution in [2.24, 2.45) is 5.92 Å². The van der Waals surface area contributed by atoms with E-state index in [1.165, 1.54) is 0 Å². The van der Waals surface area contributed by atoms with Crippen molar-refractivity contribution in [2.45, 2.75) is 26.3 Å². The van der Waals surface area contributed by atoms with Crippen molar-refractivity contribution in [1.82, 2.24) is 10.2 Å². The molecule has 1 aromatic carbocycles. The van der Waals surface area contributed by atoms with Gasteiger partial charge in [0, 0.05) is 12.6 Å². The SMILES string of the molecule is CC(C)CC(CN(C)C)NC(=O)Oc1ccccc1. The average molecular weight is 264 g/mol. The van der Waals surface area contributed by atoms with Gasteiger partial charge in [-0.2, -0.15) is 0 Å². The first-order valence-electron chi connectivity index (χ1n) is 6.65. The molecule has 0 fully saturated rings. The van der Waals surface area contributed by atoms with E-state index < -0.39 is 6.09 Å². The Balaban J connectivity index is 2.50. The first-order chi connectivity index (χ1) is 8.97. The molecule has 0 spiro atoms. The van der Waals surface area contributed by atoms with Gasteiger partial charge in [-0.15, -0.1) is 0 Å². The van der Waals surface area contributed by atoms with Crippen LogP contribution >= 0.6 is 0 Å². The molecule has 0 bridgehead atoms. The highest BCUT2D eigenvalue weighted by Gasteiger charge is 2.16. The lowest BCUT2D eigenvalue weighted by molar-refractivity contribution is 0.189. The van der Waals surface area contributed by atoms with Crippen molar-refractivity contribution in [1.29, 1.82) is 0 Å². The first-order valence-corrected chi connectivity index (χ1v) is 6.65. The monoisotopic (exact) mass is 264 g/mol. The average Bonchev–Trinajstić information content (AvgIpc) is 2.27. The Morgan fingerprint density at radius 2 is 1.89 bits per heavy atom. The normalized spacial score (nSPS) is 12.5. The van der Waals surface area contributed by atoms with Crippen LogP contribution in [0.3, 0.4) is 0 Å². The Morgan fingerprint density at radius 3 is 2.42 bits per heavy atom. The fraction of sp³-hybridized carbons (Fsp3) is 0.533. The van der Waals surface area contributed by atoms with Crippen molar-refractivity contribution in [2.75, 3.05) is 20.6 Å². The van der Waals surface area contributed by atoms with E-state index in [2.05, 4.69) is 24.1 Å². The van der Waals surface area contributed by atoms with Crippen molar-refractivity contribution >= 4 is 6.09 Å². The highest BCUT2D eigenvalue weighted by Crippen LogP contribution is 2.10. The van der Waals surface area contributed by atoms with Gasteiger partial charge in [0.15, 0.2) is 0 Å². The molecular weight excluding hydrogens is 240 g/mol. The molecule has 19 heavy (non-hydrogen) atoms. The molecule has 1 unspecified atom stereocenters. The third-order valence-electron chi connectivity index (χ3n) is 2.62. The largest absolute Gasteiger partial charge is 0.412 e. The number of para-hydroxylation sites is 1. The fourth-order valence-corrected chi connectivity index (χ4v) is 1.98. The summed E-state index contributed by atoms with van der Waals surface area (Å²) in [6.07, 6.45) is 0.543. The molecule has 0 saturated heterocycles. The smallest absolute Gasteiger partial charge is 0.410 e. The minimum Gasteiger partial charge on any atom is -0.410 e. The molecule has 1 amide bonds. The van der Waals surface area contributed by atoms with E-state index in [1.54, 1.807) is 12.1 Å². The minimum absolute atomic E-state index is 0.103. The summed E-state index contributed by atoms with van der Waals surface area (Å²) >= 11 is 0. The third-order valence-corrected chi connectivity index (χ3v) is 2.62. The Kier molecular flexibility index (Phi) is 6.36. The molecule has 0 aromatic heterocycles. The topological polar surface area (TPSA) is 41.6 Å². The van der Waals surface area contributed by atoms with Gasteiger partial charge in [-0.25, -0.2) is 4.79 Å². The van der Waals surface area contributed by atoms with E-state index in [0.717, 1.165) is 13.0 Å². The standard InChI is InChI=1S/C15H24N2O2/c1-12(2)10-13(11-17(3)4)16-15(18)19-14-8-6-5-7-9-14/h5-9,12-13H,10-11H2,1-4H3,(H,16,18). The summed E-state index contributed by atoms with van der Waals surface area (Å²) < 4.78 is 5.24. The number of likely N-dealkylation sites (N-methyl/N-ethyl adjacent to an activating group) is 1. The molecule has 0 aliphatic carbocycles. The quantitative estimate of drug-likeness (QED) is 0.859. The second-order valence-electron chi connectivity index (χ2n) is 5.44. The van der Waals surface area contributed by atoms with Crippen LogP contribution in [0.1, 0.15) is 20.3 Å². The Morgan fingerprint density at radius 1 is 1.26 bits per heavy atom. The maximum absolute atomic E-state index is 11.8. The van der Waals surface area contributed by atoms with Gasteiger partial charge in [-0.1, -0.05) is 32.0 Å². The number of hydrogen-bond donors (Lipinski definition) is 1. The number of ether oxygens (including phenoxy) is 1. The lowest BCUT2D eigenvalue weighted by atomic mass is 10.0. The fourth-order valence-electron chi connectivity index (χ4n) is 1.98. The van der Waals surface area contributed by atoms with Crippen LogP contribution < -0.4 is 10.1 Å². The van der Waals surface area contributed by atoms with E-state index in [4.69, 9.17) is 4.74 Å². The van der Waals surface area contributed by atoms with Gasteiger partial charge >= 0.3 is 6.09 Å². The maximum atomic E-state index is 11.8. The summed E-state index contributed by atoms with van der Waals surface area (Å²) in [5.41, 5.74) is 0. The van der Waals surface area contributed by atoms with Crippen LogP contribution in [-0.2, 0) is 0 Å². The van der Waals surface area contributed by atoms with Gasteiger partial charge in [0.2, 0.25) is 0 Å². The number of carbonyl (C=O) groups is 1. The lowest BCUT2D eigenvalue weighted by Crippen LogP contribution is -2.43. The molecule has 4 nitrogen and oxygen atoms in total. The highest BCUT2D eigenvalue weighted by atomic mass is 16.6. The number of nitrogens with one attached hydrogen (secondary N) is 1. The molecule has 0 aliphatic rings. The second-order valence-corrected chi connectivity index (χ2v) is 5.44. The summed E-state index contributed by atoms with van der Waals surface area (Å²) in [6, 6.07) is 9.21. The zero-order chi connectivity index (χ0) is 14.3. The molecule has 1 N–H and O–H groups in total. The number of benzene rings is 1. The third kappa shape index (κ3) is 6.82. The first kappa shape index (κ1) is 15.5. The summed E-state index contributed by atoms with van der Waals surface area (Å²) in [7, 11) is 4.00. The molecule has 0 radical (unpaired) electrons. The summed E-state index contributed by atoms with van der Waals surface area (Å²) in [4.78, 5) is 13.9. The molecule has 4 heteroatoms. The van der Waals surface area contributed by atoms with Crippen molar-refractivity contribution in [3.8, 4) is 5.75 Å². The van der Waals surface area contributed by atoms with Crippen molar-refractivity contribution < 1.29 is 9.53 Å². The predicted octanol–water partition coefficient (Wildman–Crippen LogP) is 2.75. The Hall–Kier alpha value is -1.55. The van der Waals surface area contributed by atoms with Crippen LogP contribution in [0.25, 0.3) is 0 Å². The van der Waals surface area contributed by atoms with Crippen molar-refractivity contribution in [3.63, 3.8) is 0 Å². The number of amides is 1. The Bertz CT molecular complexity index is 367. The minimum atomic E-state index is -0.390. The predicted molar refractivity (Wildman–Crippen MR) is 77.4 cm³/mol. The van der Waals surface area contributed by atoms with Gasteiger partial charge in [-0.3, -0.25) is 0 Å². The molecule has 0 aliphatic heterocycles. The van der Waals surface area contributed by atoms with Crippen LogP contribution in [0, 0.1) is 5.92 Å². The molecule has 1 atom stereocenters. The van der Waals surface area contributed by atoms with Crippen molar-refractivity contribution in [3.05, 3.63) is 30.3 Å². The van der Waals surface area contributed by atoms with Gasteiger partial charge in [0.25, 0.3) is 0 Å². The van der Waals surface area contributed by atoms with Gasteiger partial charge < -0.3 is 15.0 Å². The molecule has 1 aromatic rings. The lowest BCUT2D eigenvalue weighted by Gasteiger charge is -2.23. The number of carbonyl (C=O) groups excluding carboxylic acids is 1. The van der Waals surface area contributed by atoms with E-state index in [-0.39, 0.29) is 6.04 Å². The van der Waals surface area contributed by atoms with E-state index in [0.29, 0.717) is 11.7 Å². The van der Waals surface area contributed by atoms with Gasteiger partial charge in [-0.05, 0) is 38.6 Å². The summed E-state index contributed by atoms with van der Waals surface area (Å²) in [6.45, 7) is 5.10. The highest BCUT2D eigenvalue weighted by molar-refractivity contribution is 5.70. The summed E-state index contributed by atoms with van der Waals surface area (Å²) in [5, 5.41) is 2.93. The zero-order valence-electron chi connectivity index (χ0n) is 12.2. The van der Waals surface area contributed by atoms with Gasteiger partial charge in [0.05, 0.1) is 0 Å². The number of nitrogens with zero attached hydrogens (tertiary/aromatic N) is 1. The molecule has 106 valence electrons. The van der Waals surface area contributed by atoms with Gasteiger partial charge in [0.1, 0.15) is 5.75 Å². The molecule has 0 saturated carbocycles. The second kappa shape index (κ2) is 7.79. The zero-order valence-corrected chi connectivity index (χ0v) is 12.2. The molecule has 0 heterocycles. The maximum Gasteiger partial charge on any atom is 0.412 e. The van der Waals surface area contributed by atoms with Crippen LogP contribution in [-0.4, -0.2) is 37.7 Å². The van der Waals surface area contributed by atoms with Crippen LogP contribution in [0.15, 0.2) is 30.3 Å².